The Balaban J connectivity index is 1.74. The molecule has 1 aliphatic rings. The molecule has 0 saturated carbocycles. The summed E-state index contributed by atoms with van der Waals surface area (Å²) in [5, 5.41) is 2.86. The van der Waals surface area contributed by atoms with Crippen molar-refractivity contribution in [3.8, 4) is 0 Å². The molecule has 0 aliphatic carbocycles. The summed E-state index contributed by atoms with van der Waals surface area (Å²) in [7, 11) is 0. The summed E-state index contributed by atoms with van der Waals surface area (Å²) < 4.78 is 3.26. The van der Waals surface area contributed by atoms with Crippen molar-refractivity contribution in [3.63, 3.8) is 0 Å². The molecular formula is C20H22N4O2S2. The molecule has 8 heteroatoms. The number of nitrogens with zero attached hydrogens (tertiary/aromatic N) is 3. The number of benzene rings is 1. The maximum absolute atomic E-state index is 13.2. The summed E-state index contributed by atoms with van der Waals surface area (Å²) in [6.07, 6.45) is 1.61. The van der Waals surface area contributed by atoms with Gasteiger partial charge in [0.15, 0.2) is 0 Å². The Morgan fingerprint density at radius 2 is 1.96 bits per heavy atom. The molecule has 0 spiro atoms. The van der Waals surface area contributed by atoms with Gasteiger partial charge in [-0.15, -0.1) is 23.1 Å². The molecule has 0 fully saturated rings. The fourth-order valence-electron chi connectivity index (χ4n) is 3.59. The smallest absolute Gasteiger partial charge is 0.271 e. The molecule has 2 aromatic heterocycles. The number of carbonyl (C=O) groups is 1. The average Bonchev–Trinajstić information content (AvgIpc) is 3.09. The van der Waals surface area contributed by atoms with Gasteiger partial charge >= 0.3 is 0 Å². The molecule has 0 radical (unpaired) electrons. The molecule has 1 N–H and O–H groups in total. The summed E-state index contributed by atoms with van der Waals surface area (Å²) in [5.41, 5.74) is 2.42. The minimum absolute atomic E-state index is 0.0474. The van der Waals surface area contributed by atoms with Crippen LogP contribution in [-0.2, 0) is 11.3 Å². The number of hydrogen-bond donors (Lipinski definition) is 1. The van der Waals surface area contributed by atoms with Crippen LogP contribution in [0, 0.1) is 0 Å². The minimum Gasteiger partial charge on any atom is -0.322 e. The van der Waals surface area contributed by atoms with Crippen molar-refractivity contribution >= 4 is 44.9 Å². The molecule has 1 atom stereocenters. The molecule has 0 unspecified atom stereocenters. The van der Waals surface area contributed by atoms with Crippen LogP contribution in [-0.4, -0.2) is 39.2 Å². The normalized spacial score (nSPS) is 14.9. The van der Waals surface area contributed by atoms with E-state index in [4.69, 9.17) is 0 Å². The van der Waals surface area contributed by atoms with Gasteiger partial charge in [0, 0.05) is 6.54 Å². The average molecular weight is 415 g/mol. The molecule has 3 heterocycles. The van der Waals surface area contributed by atoms with Crippen molar-refractivity contribution < 1.29 is 4.79 Å². The highest BCUT2D eigenvalue weighted by atomic mass is 32.2. The number of aromatic nitrogens is 2. The fourth-order valence-corrected chi connectivity index (χ4v) is 5.77. The second-order valence-electron chi connectivity index (χ2n) is 6.63. The number of hydrogen-bond acceptors (Lipinski definition) is 6. The van der Waals surface area contributed by atoms with Crippen molar-refractivity contribution in [2.24, 2.45) is 0 Å². The number of nitrogens with one attached hydrogen (secondary N) is 1. The predicted octanol–water partition coefficient (Wildman–Crippen LogP) is 3.59. The van der Waals surface area contributed by atoms with Gasteiger partial charge in [-0.3, -0.25) is 19.1 Å². The van der Waals surface area contributed by atoms with Crippen molar-refractivity contribution in [3.05, 3.63) is 52.6 Å². The lowest BCUT2D eigenvalue weighted by Crippen LogP contribution is -2.34. The van der Waals surface area contributed by atoms with E-state index in [0.717, 1.165) is 17.3 Å². The van der Waals surface area contributed by atoms with E-state index in [-0.39, 0.29) is 17.5 Å². The fraction of sp³-hybridized carbons (Fsp3) is 0.350. The highest BCUT2D eigenvalue weighted by Crippen LogP contribution is 2.42. The third-order valence-electron chi connectivity index (χ3n) is 5.04. The van der Waals surface area contributed by atoms with Crippen LogP contribution in [0.2, 0.25) is 0 Å². The van der Waals surface area contributed by atoms with E-state index >= 15 is 0 Å². The molecule has 6 nitrogen and oxygen atoms in total. The summed E-state index contributed by atoms with van der Waals surface area (Å²) in [4.78, 5) is 31.8. The van der Waals surface area contributed by atoms with Crippen LogP contribution in [0.5, 0.6) is 0 Å². The molecule has 1 aromatic carbocycles. The van der Waals surface area contributed by atoms with Crippen molar-refractivity contribution in [2.45, 2.75) is 30.6 Å². The predicted molar refractivity (Wildman–Crippen MR) is 115 cm³/mol. The van der Waals surface area contributed by atoms with Crippen molar-refractivity contribution in [1.82, 2.24) is 14.5 Å². The van der Waals surface area contributed by atoms with Crippen molar-refractivity contribution in [1.29, 1.82) is 0 Å². The second kappa shape index (κ2) is 8.06. The zero-order chi connectivity index (χ0) is 19.7. The number of thiophene rings is 1. The number of carbonyl (C=O) groups excluding carboxylic acids is 1. The van der Waals surface area contributed by atoms with Gasteiger partial charge in [-0.1, -0.05) is 44.2 Å². The summed E-state index contributed by atoms with van der Waals surface area (Å²) in [5.74, 6) is 0.334. The van der Waals surface area contributed by atoms with Crippen LogP contribution < -0.4 is 10.9 Å². The molecule has 28 heavy (non-hydrogen) atoms. The van der Waals surface area contributed by atoms with Crippen LogP contribution in [0.3, 0.4) is 0 Å². The van der Waals surface area contributed by atoms with E-state index in [0.29, 0.717) is 28.2 Å². The lowest BCUT2D eigenvalue weighted by atomic mass is 10.1. The van der Waals surface area contributed by atoms with E-state index in [1.807, 2.05) is 18.2 Å². The van der Waals surface area contributed by atoms with Gasteiger partial charge in [0.05, 0.1) is 28.0 Å². The van der Waals surface area contributed by atoms with E-state index < -0.39 is 0 Å². The Morgan fingerprint density at radius 1 is 1.21 bits per heavy atom. The molecule has 146 valence electrons. The molecule has 1 amide bonds. The summed E-state index contributed by atoms with van der Waals surface area (Å²) in [6.45, 7) is 6.61. The third-order valence-corrected chi connectivity index (χ3v) is 7.48. The van der Waals surface area contributed by atoms with Gasteiger partial charge in [-0.05, 0) is 18.7 Å². The molecule has 1 aliphatic heterocycles. The largest absolute Gasteiger partial charge is 0.322 e. The lowest BCUT2D eigenvalue weighted by Gasteiger charge is -2.30. The van der Waals surface area contributed by atoms with Crippen LogP contribution in [0.15, 0.2) is 45.7 Å². The number of rotatable bonds is 6. The Kier molecular flexibility index (Phi) is 5.52. The topological polar surface area (TPSA) is 67.2 Å². The van der Waals surface area contributed by atoms with Gasteiger partial charge in [0.2, 0.25) is 5.91 Å². The first kappa shape index (κ1) is 19.2. The molecule has 0 saturated heterocycles. The first-order valence-corrected chi connectivity index (χ1v) is 11.2. The number of amides is 1. The standard InChI is InChI=1S/C20H22N4O2S2/c1-3-23(4-2)14(13-8-6-5-7-9-13)10-24-12-21-16-17-20(27-11-15(25)22-17)28-18(16)19(24)26/h5-9,12,14H,3-4,10-11H2,1-2H3,(H,22,25)/t14-/m0/s1. The Bertz CT molecular complexity index is 1060. The molecule has 4 rings (SSSR count). The van der Waals surface area contributed by atoms with Gasteiger partial charge in [0.25, 0.3) is 5.56 Å². The summed E-state index contributed by atoms with van der Waals surface area (Å²) in [6, 6.07) is 10.4. The van der Waals surface area contributed by atoms with Gasteiger partial charge < -0.3 is 5.32 Å². The first-order chi connectivity index (χ1) is 13.6. The Labute approximate surface area is 171 Å². The van der Waals surface area contributed by atoms with E-state index in [9.17, 15) is 9.59 Å². The Hall–Kier alpha value is -2.16. The Morgan fingerprint density at radius 3 is 2.68 bits per heavy atom. The van der Waals surface area contributed by atoms with Crippen molar-refractivity contribution in [2.75, 3.05) is 24.2 Å². The molecular weight excluding hydrogens is 392 g/mol. The van der Waals surface area contributed by atoms with Crippen LogP contribution in [0.4, 0.5) is 5.69 Å². The summed E-state index contributed by atoms with van der Waals surface area (Å²) >= 11 is 2.89. The highest BCUT2D eigenvalue weighted by molar-refractivity contribution is 8.02. The monoisotopic (exact) mass is 414 g/mol. The first-order valence-electron chi connectivity index (χ1n) is 9.36. The van der Waals surface area contributed by atoms with Gasteiger partial charge in [0.1, 0.15) is 10.2 Å². The minimum atomic E-state index is -0.0488. The van der Waals surface area contributed by atoms with Gasteiger partial charge in [-0.25, -0.2) is 4.98 Å². The number of anilines is 1. The zero-order valence-corrected chi connectivity index (χ0v) is 17.5. The van der Waals surface area contributed by atoms with E-state index in [1.54, 1.807) is 10.9 Å². The maximum Gasteiger partial charge on any atom is 0.271 e. The zero-order valence-electron chi connectivity index (χ0n) is 15.8. The SMILES string of the molecule is CCN(CC)[C@@H](Cn1cnc2c3c(sc2c1=O)SCC(=O)N3)c1ccccc1. The van der Waals surface area contributed by atoms with Crippen LogP contribution in [0.25, 0.3) is 10.2 Å². The second-order valence-corrected chi connectivity index (χ2v) is 8.89. The molecule has 3 aromatic rings. The maximum atomic E-state index is 13.2. The van der Waals surface area contributed by atoms with Crippen LogP contribution in [0.1, 0.15) is 25.5 Å². The lowest BCUT2D eigenvalue weighted by molar-refractivity contribution is -0.113. The number of likely N-dealkylation sites (N-methyl/N-ethyl adjacent to an activating group) is 1. The third kappa shape index (κ3) is 3.47. The number of thioether (sulfide) groups is 1. The number of fused-ring (bicyclic) bond motifs is 3. The quantitative estimate of drug-likeness (QED) is 0.668. The molecule has 0 bridgehead atoms. The van der Waals surface area contributed by atoms with E-state index in [2.05, 4.69) is 41.2 Å². The van der Waals surface area contributed by atoms with Gasteiger partial charge in [-0.2, -0.15) is 0 Å². The highest BCUT2D eigenvalue weighted by Gasteiger charge is 2.25. The van der Waals surface area contributed by atoms with E-state index in [1.165, 1.54) is 28.7 Å². The van der Waals surface area contributed by atoms with Crippen LogP contribution >= 0.6 is 23.1 Å².